The number of hydrogen-bond acceptors (Lipinski definition) is 5. The summed E-state index contributed by atoms with van der Waals surface area (Å²) in [6.07, 6.45) is 61.4. The number of rotatable bonds is 45. The van der Waals surface area contributed by atoms with Gasteiger partial charge in [-0.1, -0.05) is 242 Å². The van der Waals surface area contributed by atoms with Gasteiger partial charge in [0.1, 0.15) is 6.10 Å². The molecule has 0 saturated carbocycles. The number of allylic oxidation sites excluding steroid dienone is 11. The molecule has 3 atom stereocenters. The van der Waals surface area contributed by atoms with Crippen molar-refractivity contribution in [3.63, 3.8) is 0 Å². The van der Waals surface area contributed by atoms with E-state index in [0.717, 1.165) is 70.6 Å². The molecule has 0 radical (unpaired) electrons. The standard InChI is InChI=1S/C55H97NO5/c1-4-7-10-13-16-19-22-24-26-27-29-30-32-34-37-40-43-46-51(61-55(60)48-45-42-39-36-33-31-28-25-23-20-17-14-11-8-5-2)49-54(59)56-52(50-57)53(58)47-44-41-38-35-21-18-15-12-9-6-3/h7,10,16,19,24,26,29-30,34,37,43,46,51-53,57-58H,4-6,8-9,11-15,17-18,20-23,25,27-28,31-33,35-36,38-42,44-45,47-50H2,1-3H3,(H,56,59)/b10-7-,19-16-,26-24-,30-29-,37-34-,46-43-. The number of unbranched alkanes of at least 4 members (excludes halogenated alkanes) is 23. The highest BCUT2D eigenvalue weighted by atomic mass is 16.5. The summed E-state index contributed by atoms with van der Waals surface area (Å²) in [7, 11) is 0. The normalized spacial score (nSPS) is 13.9. The fourth-order valence-electron chi connectivity index (χ4n) is 7.43. The summed E-state index contributed by atoms with van der Waals surface area (Å²) < 4.78 is 5.82. The van der Waals surface area contributed by atoms with Gasteiger partial charge >= 0.3 is 5.97 Å². The van der Waals surface area contributed by atoms with Gasteiger partial charge in [0.15, 0.2) is 0 Å². The third-order valence-electron chi connectivity index (χ3n) is 11.3. The molecular formula is C55H97NO5. The van der Waals surface area contributed by atoms with Crippen LogP contribution in [-0.2, 0) is 14.3 Å². The van der Waals surface area contributed by atoms with E-state index in [2.05, 4.69) is 86.8 Å². The highest BCUT2D eigenvalue weighted by molar-refractivity contribution is 5.78. The van der Waals surface area contributed by atoms with Gasteiger partial charge in [0.05, 0.1) is 25.2 Å². The van der Waals surface area contributed by atoms with E-state index in [1.54, 1.807) is 6.08 Å². The van der Waals surface area contributed by atoms with Crippen LogP contribution in [-0.4, -0.2) is 46.9 Å². The molecular weight excluding hydrogens is 755 g/mol. The SMILES string of the molecule is CC/C=C\C/C=C\C/C=C\C/C=C\C/C=C\C/C=C\C(CC(=O)NC(CO)C(O)CCCCCCCCCCCC)OC(=O)CCCCCCCCCCCCCCCCC. The second-order valence-electron chi connectivity index (χ2n) is 17.2. The minimum absolute atomic E-state index is 0.0474. The van der Waals surface area contributed by atoms with E-state index in [-0.39, 0.29) is 24.9 Å². The van der Waals surface area contributed by atoms with Gasteiger partial charge in [-0.2, -0.15) is 0 Å². The number of nitrogens with one attached hydrogen (secondary N) is 1. The second kappa shape index (κ2) is 48.3. The lowest BCUT2D eigenvalue weighted by Gasteiger charge is -2.23. The van der Waals surface area contributed by atoms with Gasteiger partial charge < -0.3 is 20.3 Å². The Balaban J connectivity index is 4.76. The number of esters is 1. The third-order valence-corrected chi connectivity index (χ3v) is 11.3. The van der Waals surface area contributed by atoms with Crippen molar-refractivity contribution in [2.24, 2.45) is 0 Å². The van der Waals surface area contributed by atoms with Crippen molar-refractivity contribution in [2.75, 3.05) is 6.61 Å². The predicted octanol–water partition coefficient (Wildman–Crippen LogP) is 15.4. The van der Waals surface area contributed by atoms with E-state index in [9.17, 15) is 19.8 Å². The molecule has 0 aromatic rings. The van der Waals surface area contributed by atoms with Crippen molar-refractivity contribution < 1.29 is 24.5 Å². The third kappa shape index (κ3) is 43.7. The quantitative estimate of drug-likeness (QED) is 0.0322. The highest BCUT2D eigenvalue weighted by Crippen LogP contribution is 2.16. The lowest BCUT2D eigenvalue weighted by molar-refractivity contribution is -0.148. The molecule has 0 aliphatic rings. The number of aliphatic hydroxyl groups is 2. The van der Waals surface area contributed by atoms with Crippen LogP contribution >= 0.6 is 0 Å². The monoisotopic (exact) mass is 852 g/mol. The first-order chi connectivity index (χ1) is 30.0. The number of carbonyl (C=O) groups is 2. The molecule has 0 fully saturated rings. The molecule has 1 amide bonds. The first kappa shape index (κ1) is 58.3. The summed E-state index contributed by atoms with van der Waals surface area (Å²) in [6, 6.07) is -0.743. The molecule has 0 aliphatic carbocycles. The Morgan fingerprint density at radius 3 is 1.25 bits per heavy atom. The summed E-state index contributed by atoms with van der Waals surface area (Å²) in [5, 5.41) is 23.6. The molecule has 6 nitrogen and oxygen atoms in total. The Hall–Kier alpha value is -2.70. The van der Waals surface area contributed by atoms with Crippen molar-refractivity contribution in [1.29, 1.82) is 0 Å². The number of carbonyl (C=O) groups excluding carboxylic acids is 2. The van der Waals surface area contributed by atoms with Crippen LogP contribution in [0.1, 0.15) is 239 Å². The Labute approximate surface area is 377 Å². The summed E-state index contributed by atoms with van der Waals surface area (Å²) in [5.41, 5.74) is 0. The molecule has 0 spiro atoms. The maximum absolute atomic E-state index is 13.2. The van der Waals surface area contributed by atoms with Crippen molar-refractivity contribution in [1.82, 2.24) is 5.32 Å². The van der Waals surface area contributed by atoms with Gasteiger partial charge in [-0.25, -0.2) is 0 Å². The van der Waals surface area contributed by atoms with Crippen LogP contribution in [0.15, 0.2) is 72.9 Å². The maximum atomic E-state index is 13.2. The van der Waals surface area contributed by atoms with Gasteiger partial charge in [0.25, 0.3) is 0 Å². The van der Waals surface area contributed by atoms with Crippen LogP contribution in [0.4, 0.5) is 0 Å². The van der Waals surface area contributed by atoms with E-state index in [0.29, 0.717) is 19.3 Å². The van der Waals surface area contributed by atoms with E-state index < -0.39 is 18.2 Å². The van der Waals surface area contributed by atoms with Crippen LogP contribution in [0.5, 0.6) is 0 Å². The Morgan fingerprint density at radius 1 is 0.492 bits per heavy atom. The molecule has 0 rings (SSSR count). The summed E-state index contributed by atoms with van der Waals surface area (Å²) in [5.74, 6) is -0.628. The zero-order chi connectivity index (χ0) is 44.5. The molecule has 6 heteroatoms. The van der Waals surface area contributed by atoms with E-state index >= 15 is 0 Å². The molecule has 0 heterocycles. The topological polar surface area (TPSA) is 95.9 Å². The molecule has 0 bridgehead atoms. The number of ether oxygens (including phenoxy) is 1. The van der Waals surface area contributed by atoms with Crippen LogP contribution in [0, 0.1) is 0 Å². The average molecular weight is 852 g/mol. The van der Waals surface area contributed by atoms with Crippen LogP contribution < -0.4 is 5.32 Å². The number of hydrogen-bond donors (Lipinski definition) is 3. The van der Waals surface area contributed by atoms with Gasteiger partial charge in [0.2, 0.25) is 5.91 Å². The number of aliphatic hydroxyl groups excluding tert-OH is 2. The molecule has 3 unspecified atom stereocenters. The summed E-state index contributed by atoms with van der Waals surface area (Å²) in [4.78, 5) is 26.1. The lowest BCUT2D eigenvalue weighted by Crippen LogP contribution is -2.46. The van der Waals surface area contributed by atoms with E-state index in [4.69, 9.17) is 4.74 Å². The summed E-state index contributed by atoms with van der Waals surface area (Å²) in [6.45, 7) is 6.32. The van der Waals surface area contributed by atoms with Gasteiger partial charge in [-0.3, -0.25) is 9.59 Å². The molecule has 0 aliphatic heterocycles. The molecule has 0 aromatic heterocycles. The minimum atomic E-state index is -0.819. The largest absolute Gasteiger partial charge is 0.458 e. The molecule has 352 valence electrons. The van der Waals surface area contributed by atoms with E-state index in [1.807, 2.05) is 6.08 Å². The first-order valence-electron chi connectivity index (χ1n) is 25.7. The van der Waals surface area contributed by atoms with Crippen LogP contribution in [0.3, 0.4) is 0 Å². The smallest absolute Gasteiger partial charge is 0.306 e. The highest BCUT2D eigenvalue weighted by Gasteiger charge is 2.23. The Morgan fingerprint density at radius 2 is 0.852 bits per heavy atom. The van der Waals surface area contributed by atoms with Gasteiger partial charge in [-0.15, -0.1) is 0 Å². The number of amides is 1. The average Bonchev–Trinajstić information content (AvgIpc) is 3.25. The molecule has 3 N–H and O–H groups in total. The maximum Gasteiger partial charge on any atom is 0.306 e. The summed E-state index contributed by atoms with van der Waals surface area (Å²) >= 11 is 0. The second-order valence-corrected chi connectivity index (χ2v) is 17.2. The zero-order valence-corrected chi connectivity index (χ0v) is 40.0. The molecule has 0 aromatic carbocycles. The van der Waals surface area contributed by atoms with Crippen LogP contribution in [0.25, 0.3) is 0 Å². The molecule has 0 saturated heterocycles. The van der Waals surface area contributed by atoms with E-state index in [1.165, 1.54) is 122 Å². The van der Waals surface area contributed by atoms with Crippen molar-refractivity contribution in [3.05, 3.63) is 72.9 Å². The van der Waals surface area contributed by atoms with Crippen molar-refractivity contribution in [2.45, 2.75) is 257 Å². The zero-order valence-electron chi connectivity index (χ0n) is 40.0. The Bertz CT molecular complexity index is 1140. The predicted molar refractivity (Wildman–Crippen MR) is 264 cm³/mol. The van der Waals surface area contributed by atoms with Crippen LogP contribution in [0.2, 0.25) is 0 Å². The van der Waals surface area contributed by atoms with Gasteiger partial charge in [-0.05, 0) is 57.4 Å². The minimum Gasteiger partial charge on any atom is -0.458 e. The lowest BCUT2D eigenvalue weighted by atomic mass is 10.0. The van der Waals surface area contributed by atoms with Gasteiger partial charge in [0, 0.05) is 6.42 Å². The molecule has 61 heavy (non-hydrogen) atoms. The fourth-order valence-corrected chi connectivity index (χ4v) is 7.43. The van der Waals surface area contributed by atoms with Crippen molar-refractivity contribution in [3.8, 4) is 0 Å². The van der Waals surface area contributed by atoms with Crippen molar-refractivity contribution >= 4 is 11.9 Å². The first-order valence-corrected chi connectivity index (χ1v) is 25.7. The Kier molecular flexibility index (Phi) is 46.2. The fraction of sp³-hybridized carbons (Fsp3) is 0.745.